The van der Waals surface area contributed by atoms with Gasteiger partial charge in [-0.05, 0) is 29.7 Å². The van der Waals surface area contributed by atoms with E-state index >= 15 is 0 Å². The summed E-state index contributed by atoms with van der Waals surface area (Å²) in [6.45, 7) is 0. The van der Waals surface area contributed by atoms with E-state index in [0.29, 0.717) is 17.5 Å². The first-order valence-electron chi connectivity index (χ1n) is 13.7. The number of aromatic nitrogens is 4. The Bertz CT molecular complexity index is 2090. The highest BCUT2D eigenvalue weighted by molar-refractivity contribution is 6.10. The van der Waals surface area contributed by atoms with Gasteiger partial charge in [0, 0.05) is 32.8 Å². The molecule has 0 N–H and O–H groups in total. The Hall–Kier alpha value is -5.61. The summed E-state index contributed by atoms with van der Waals surface area (Å²) >= 11 is 0. The number of para-hydroxylation sites is 2. The topological polar surface area (TPSA) is 43.6 Å². The Kier molecular flexibility index (Phi) is 5.42. The third-order valence-corrected chi connectivity index (χ3v) is 7.64. The second kappa shape index (κ2) is 9.54. The Balaban J connectivity index is 1.32. The largest absolute Gasteiger partial charge is 0.309 e. The molecule has 0 bridgehead atoms. The van der Waals surface area contributed by atoms with Crippen molar-refractivity contribution in [2.75, 3.05) is 0 Å². The van der Waals surface area contributed by atoms with Crippen molar-refractivity contribution in [1.82, 2.24) is 19.5 Å². The van der Waals surface area contributed by atoms with E-state index < -0.39 is 0 Å². The summed E-state index contributed by atoms with van der Waals surface area (Å²) in [4.78, 5) is 14.7. The van der Waals surface area contributed by atoms with Crippen LogP contribution < -0.4 is 0 Å². The van der Waals surface area contributed by atoms with Crippen molar-refractivity contribution in [2.45, 2.75) is 0 Å². The third-order valence-electron chi connectivity index (χ3n) is 7.64. The number of rotatable bonds is 4. The summed E-state index contributed by atoms with van der Waals surface area (Å²) in [5.74, 6) is 1.98. The van der Waals surface area contributed by atoms with Gasteiger partial charge in [0.05, 0.1) is 16.7 Å². The van der Waals surface area contributed by atoms with Crippen LogP contribution in [0.5, 0.6) is 0 Å². The van der Waals surface area contributed by atoms with Crippen molar-refractivity contribution >= 4 is 32.6 Å². The van der Waals surface area contributed by atoms with Crippen LogP contribution in [-0.4, -0.2) is 19.5 Å². The molecule has 8 aromatic rings. The van der Waals surface area contributed by atoms with E-state index in [2.05, 4.69) is 89.5 Å². The Morgan fingerprint density at radius 1 is 0.366 bits per heavy atom. The molecule has 4 nitrogen and oxygen atoms in total. The van der Waals surface area contributed by atoms with Crippen LogP contribution in [-0.2, 0) is 0 Å². The molecule has 2 heterocycles. The molecule has 0 unspecified atom stereocenters. The predicted octanol–water partition coefficient (Wildman–Crippen LogP) is 9.12. The molecular weight excluding hydrogens is 500 g/mol. The molecule has 0 amide bonds. The van der Waals surface area contributed by atoms with Gasteiger partial charge in [0.1, 0.15) is 0 Å². The smallest absolute Gasteiger partial charge is 0.164 e. The molecule has 8 rings (SSSR count). The maximum Gasteiger partial charge on any atom is 0.164 e. The number of fused-ring (bicyclic) bond motifs is 4. The molecule has 41 heavy (non-hydrogen) atoms. The van der Waals surface area contributed by atoms with Gasteiger partial charge in [0.25, 0.3) is 0 Å². The van der Waals surface area contributed by atoms with Crippen LogP contribution in [0.15, 0.2) is 146 Å². The first-order valence-corrected chi connectivity index (χ1v) is 13.7. The van der Waals surface area contributed by atoms with E-state index in [-0.39, 0.29) is 0 Å². The number of hydrogen-bond donors (Lipinski definition) is 0. The van der Waals surface area contributed by atoms with Gasteiger partial charge in [-0.25, -0.2) is 15.0 Å². The van der Waals surface area contributed by atoms with Gasteiger partial charge >= 0.3 is 0 Å². The van der Waals surface area contributed by atoms with Crippen LogP contribution in [0.3, 0.4) is 0 Å². The zero-order valence-corrected chi connectivity index (χ0v) is 22.1. The molecule has 0 atom stereocenters. The van der Waals surface area contributed by atoms with Crippen molar-refractivity contribution in [3.8, 4) is 39.9 Å². The van der Waals surface area contributed by atoms with Gasteiger partial charge in [-0.3, -0.25) is 0 Å². The first kappa shape index (κ1) is 23.3. The van der Waals surface area contributed by atoms with Gasteiger partial charge in [0.2, 0.25) is 0 Å². The number of nitrogens with zero attached hydrogens (tertiary/aromatic N) is 4. The van der Waals surface area contributed by atoms with Crippen molar-refractivity contribution in [1.29, 1.82) is 0 Å². The fourth-order valence-corrected chi connectivity index (χ4v) is 5.72. The van der Waals surface area contributed by atoms with E-state index in [1.807, 2.05) is 60.7 Å². The monoisotopic (exact) mass is 524 g/mol. The van der Waals surface area contributed by atoms with Crippen LogP contribution in [0.2, 0.25) is 0 Å². The summed E-state index contributed by atoms with van der Waals surface area (Å²) in [6, 6.07) is 50.4. The molecule has 0 radical (unpaired) electrons. The Morgan fingerprint density at radius 3 is 1.46 bits per heavy atom. The minimum atomic E-state index is 0.655. The molecular formula is C37H24N4. The zero-order valence-electron chi connectivity index (χ0n) is 22.1. The minimum Gasteiger partial charge on any atom is -0.309 e. The highest BCUT2D eigenvalue weighted by atomic mass is 15.0. The van der Waals surface area contributed by atoms with E-state index in [0.717, 1.165) is 27.8 Å². The minimum absolute atomic E-state index is 0.655. The molecule has 0 aliphatic heterocycles. The second-order valence-corrected chi connectivity index (χ2v) is 10.1. The fourth-order valence-electron chi connectivity index (χ4n) is 5.72. The lowest BCUT2D eigenvalue weighted by atomic mass is 10.0. The Morgan fingerprint density at radius 2 is 0.878 bits per heavy atom. The lowest BCUT2D eigenvalue weighted by Crippen LogP contribution is -2.00. The second-order valence-electron chi connectivity index (χ2n) is 10.1. The Labute approximate surface area is 237 Å². The van der Waals surface area contributed by atoms with Crippen LogP contribution in [0, 0.1) is 0 Å². The van der Waals surface area contributed by atoms with Crippen molar-refractivity contribution in [2.24, 2.45) is 0 Å². The summed E-state index contributed by atoms with van der Waals surface area (Å²) in [5.41, 5.74) is 6.42. The number of hydrogen-bond acceptors (Lipinski definition) is 3. The predicted molar refractivity (Wildman–Crippen MR) is 168 cm³/mol. The average Bonchev–Trinajstić information content (AvgIpc) is 3.39. The van der Waals surface area contributed by atoms with Gasteiger partial charge in [-0.1, -0.05) is 121 Å². The third kappa shape index (κ3) is 3.97. The average molecular weight is 525 g/mol. The van der Waals surface area contributed by atoms with Gasteiger partial charge in [0.15, 0.2) is 17.5 Å². The molecule has 6 aromatic carbocycles. The molecule has 0 fully saturated rings. The van der Waals surface area contributed by atoms with Gasteiger partial charge in [-0.2, -0.15) is 0 Å². The maximum absolute atomic E-state index is 4.93. The molecule has 0 aliphatic carbocycles. The molecule has 0 saturated carbocycles. The normalized spacial score (nSPS) is 11.4. The lowest BCUT2D eigenvalue weighted by molar-refractivity contribution is 1.07. The van der Waals surface area contributed by atoms with Gasteiger partial charge < -0.3 is 4.57 Å². The van der Waals surface area contributed by atoms with E-state index in [1.165, 1.54) is 27.2 Å². The molecule has 0 saturated heterocycles. The van der Waals surface area contributed by atoms with Crippen LogP contribution in [0.4, 0.5) is 0 Å². The van der Waals surface area contributed by atoms with Crippen LogP contribution in [0.1, 0.15) is 0 Å². The summed E-state index contributed by atoms with van der Waals surface area (Å²) in [5, 5.41) is 4.81. The molecule has 4 heteroatoms. The van der Waals surface area contributed by atoms with Gasteiger partial charge in [-0.15, -0.1) is 0 Å². The summed E-state index contributed by atoms with van der Waals surface area (Å²) in [7, 11) is 0. The highest BCUT2D eigenvalue weighted by Crippen LogP contribution is 2.35. The fraction of sp³-hybridized carbons (Fsp3) is 0. The summed E-state index contributed by atoms with van der Waals surface area (Å²) in [6.07, 6.45) is 0. The standard InChI is InChI=1S/C37H24N4/c1-3-12-25(13-4-1)35-38-36(26-14-5-2-6-15-26)40-37(39-35)28-22-23-29-27(24-28)16-11-21-32(29)41-33-19-9-7-17-30(33)31-18-8-10-20-34(31)41/h1-24H. The maximum atomic E-state index is 4.93. The SMILES string of the molecule is c1ccc(-c2nc(-c3ccccc3)nc(-c3ccc4c(-n5c6ccccc6c6ccccc65)cccc4c3)n2)cc1. The highest BCUT2D eigenvalue weighted by Gasteiger charge is 2.16. The molecule has 0 spiro atoms. The summed E-state index contributed by atoms with van der Waals surface area (Å²) < 4.78 is 2.37. The van der Waals surface area contributed by atoms with E-state index in [4.69, 9.17) is 15.0 Å². The van der Waals surface area contributed by atoms with Crippen molar-refractivity contribution in [3.63, 3.8) is 0 Å². The molecule has 192 valence electrons. The lowest BCUT2D eigenvalue weighted by Gasteiger charge is -2.13. The molecule has 2 aromatic heterocycles. The van der Waals surface area contributed by atoms with Crippen molar-refractivity contribution in [3.05, 3.63) is 146 Å². The van der Waals surface area contributed by atoms with E-state index in [1.54, 1.807) is 0 Å². The van der Waals surface area contributed by atoms with Crippen molar-refractivity contribution < 1.29 is 0 Å². The number of benzene rings is 6. The van der Waals surface area contributed by atoms with Crippen LogP contribution in [0.25, 0.3) is 72.4 Å². The zero-order chi connectivity index (χ0) is 27.2. The van der Waals surface area contributed by atoms with E-state index in [9.17, 15) is 0 Å². The molecule has 0 aliphatic rings. The quantitative estimate of drug-likeness (QED) is 0.231. The first-order chi connectivity index (χ1) is 20.3. The van der Waals surface area contributed by atoms with Crippen LogP contribution >= 0.6 is 0 Å².